The normalized spacial score (nSPS) is 13.2. The lowest BCUT2D eigenvalue weighted by molar-refractivity contribution is -0.142. The number of esters is 1. The van der Waals surface area contributed by atoms with E-state index in [1.807, 2.05) is 25.6 Å². The highest BCUT2D eigenvalue weighted by Crippen LogP contribution is 2.10. The summed E-state index contributed by atoms with van der Waals surface area (Å²) in [6.45, 7) is 8.50. The number of hydrogen-bond acceptors (Lipinski definition) is 4. The van der Waals surface area contributed by atoms with Crippen molar-refractivity contribution < 1.29 is 9.53 Å². The van der Waals surface area contributed by atoms with Crippen LogP contribution in [0, 0.1) is 5.92 Å². The summed E-state index contributed by atoms with van der Waals surface area (Å²) in [5.41, 5.74) is 0. The first-order valence-electron chi connectivity index (χ1n) is 5.89. The Morgan fingerprint density at radius 3 is 2.38 bits per heavy atom. The molecular weight excluding hydrogens is 222 g/mol. The van der Waals surface area contributed by atoms with Gasteiger partial charge >= 0.3 is 5.97 Å². The van der Waals surface area contributed by atoms with Gasteiger partial charge in [0.2, 0.25) is 0 Å². The highest BCUT2D eigenvalue weighted by atomic mass is 32.2. The predicted octanol–water partition coefficient (Wildman–Crippen LogP) is 2.31. The van der Waals surface area contributed by atoms with E-state index in [-0.39, 0.29) is 12.0 Å². The molecule has 0 heterocycles. The van der Waals surface area contributed by atoms with Gasteiger partial charge in [0.15, 0.2) is 0 Å². The van der Waals surface area contributed by atoms with Gasteiger partial charge in [-0.3, -0.25) is 4.79 Å². The second-order valence-corrected chi connectivity index (χ2v) is 5.80. The fourth-order valence-corrected chi connectivity index (χ4v) is 2.52. The van der Waals surface area contributed by atoms with E-state index >= 15 is 0 Å². The van der Waals surface area contributed by atoms with Gasteiger partial charge in [0.25, 0.3) is 0 Å². The number of carbonyl (C=O) groups excluding carboxylic acids is 1. The largest absolute Gasteiger partial charge is 0.468 e. The van der Waals surface area contributed by atoms with E-state index in [2.05, 4.69) is 19.2 Å². The quantitative estimate of drug-likeness (QED) is 0.527. The zero-order valence-electron chi connectivity index (χ0n) is 11.1. The van der Waals surface area contributed by atoms with Crippen LogP contribution in [0.1, 0.15) is 34.1 Å². The average Bonchev–Trinajstić information content (AvgIpc) is 2.20. The summed E-state index contributed by atoms with van der Waals surface area (Å²) in [5.74, 6) is 2.45. The van der Waals surface area contributed by atoms with E-state index in [1.54, 1.807) is 0 Å². The molecule has 1 atom stereocenters. The summed E-state index contributed by atoms with van der Waals surface area (Å²) in [4.78, 5) is 11.5. The molecule has 0 saturated heterocycles. The number of carbonyl (C=O) groups is 1. The smallest absolute Gasteiger partial charge is 0.323 e. The van der Waals surface area contributed by atoms with Crippen LogP contribution < -0.4 is 5.32 Å². The van der Waals surface area contributed by atoms with Crippen molar-refractivity contribution in [2.45, 2.75) is 46.2 Å². The Hall–Kier alpha value is -0.220. The second-order valence-electron chi connectivity index (χ2n) is 4.65. The van der Waals surface area contributed by atoms with Crippen LogP contribution in [0.15, 0.2) is 0 Å². The number of thioether (sulfide) groups is 1. The molecule has 96 valence electrons. The molecule has 1 unspecified atom stereocenters. The van der Waals surface area contributed by atoms with Gasteiger partial charge in [0.1, 0.15) is 6.04 Å². The van der Waals surface area contributed by atoms with Crippen LogP contribution in [0.5, 0.6) is 0 Å². The standard InChI is InChI=1S/C12H25NO2S/c1-9(2)6-7-16-8-11(12(14)15-5)13-10(3)4/h9-11,13H,6-8H2,1-5H3. The van der Waals surface area contributed by atoms with Crippen LogP contribution in [0.4, 0.5) is 0 Å². The maximum absolute atomic E-state index is 11.5. The summed E-state index contributed by atoms with van der Waals surface area (Å²) in [6, 6.07) is 0.122. The fourth-order valence-electron chi connectivity index (χ4n) is 1.25. The molecular formula is C12H25NO2S. The number of methoxy groups -OCH3 is 1. The van der Waals surface area contributed by atoms with Crippen molar-refractivity contribution in [2.75, 3.05) is 18.6 Å². The van der Waals surface area contributed by atoms with Crippen molar-refractivity contribution in [1.82, 2.24) is 5.32 Å². The van der Waals surface area contributed by atoms with Crippen LogP contribution in [-0.2, 0) is 9.53 Å². The van der Waals surface area contributed by atoms with E-state index in [4.69, 9.17) is 4.74 Å². The molecule has 1 N–H and O–H groups in total. The lowest BCUT2D eigenvalue weighted by Crippen LogP contribution is -2.43. The third-order valence-electron chi connectivity index (χ3n) is 2.14. The lowest BCUT2D eigenvalue weighted by atomic mass is 10.2. The average molecular weight is 247 g/mol. The van der Waals surface area contributed by atoms with E-state index < -0.39 is 0 Å². The Bertz CT molecular complexity index is 195. The summed E-state index contributed by atoms with van der Waals surface area (Å²) in [5, 5.41) is 3.22. The highest BCUT2D eigenvalue weighted by Gasteiger charge is 2.19. The van der Waals surface area contributed by atoms with Gasteiger partial charge in [-0.2, -0.15) is 11.8 Å². The van der Waals surface area contributed by atoms with Gasteiger partial charge in [0, 0.05) is 11.8 Å². The maximum atomic E-state index is 11.5. The Morgan fingerprint density at radius 1 is 1.31 bits per heavy atom. The third-order valence-corrected chi connectivity index (χ3v) is 3.24. The molecule has 3 nitrogen and oxygen atoms in total. The van der Waals surface area contributed by atoms with Crippen molar-refractivity contribution in [3.63, 3.8) is 0 Å². The van der Waals surface area contributed by atoms with Gasteiger partial charge in [-0.05, 0) is 18.1 Å². The van der Waals surface area contributed by atoms with Crippen molar-refractivity contribution in [2.24, 2.45) is 5.92 Å². The number of rotatable bonds is 8. The monoisotopic (exact) mass is 247 g/mol. The van der Waals surface area contributed by atoms with Gasteiger partial charge in [-0.25, -0.2) is 0 Å². The van der Waals surface area contributed by atoms with Crippen molar-refractivity contribution >= 4 is 17.7 Å². The minimum absolute atomic E-state index is 0.161. The molecule has 0 rings (SSSR count). The molecule has 0 aliphatic heterocycles. The van der Waals surface area contributed by atoms with Crippen LogP contribution in [0.3, 0.4) is 0 Å². The second kappa shape index (κ2) is 8.88. The molecule has 0 aromatic heterocycles. The molecule has 0 bridgehead atoms. The maximum Gasteiger partial charge on any atom is 0.323 e. The van der Waals surface area contributed by atoms with Crippen molar-refractivity contribution in [1.29, 1.82) is 0 Å². The summed E-state index contributed by atoms with van der Waals surface area (Å²) < 4.78 is 4.78. The first-order chi connectivity index (χ1) is 7.47. The SMILES string of the molecule is COC(=O)C(CSCCC(C)C)NC(C)C. The molecule has 0 aromatic carbocycles. The van der Waals surface area contributed by atoms with Crippen molar-refractivity contribution in [3.05, 3.63) is 0 Å². The molecule has 0 aliphatic rings. The van der Waals surface area contributed by atoms with E-state index in [0.29, 0.717) is 6.04 Å². The number of hydrogen-bond donors (Lipinski definition) is 1. The molecule has 16 heavy (non-hydrogen) atoms. The van der Waals surface area contributed by atoms with E-state index in [0.717, 1.165) is 17.4 Å². The summed E-state index contributed by atoms with van der Waals surface area (Å²) in [6.07, 6.45) is 1.19. The number of ether oxygens (including phenoxy) is 1. The van der Waals surface area contributed by atoms with Gasteiger partial charge < -0.3 is 10.1 Å². The Morgan fingerprint density at radius 2 is 1.94 bits per heavy atom. The van der Waals surface area contributed by atoms with Crippen LogP contribution in [0.25, 0.3) is 0 Å². The Labute approximate surface area is 104 Å². The summed E-state index contributed by atoms with van der Waals surface area (Å²) in [7, 11) is 1.44. The van der Waals surface area contributed by atoms with Gasteiger partial charge in [-0.15, -0.1) is 0 Å². The molecule has 0 aromatic rings. The van der Waals surface area contributed by atoms with E-state index in [1.165, 1.54) is 13.5 Å². The van der Waals surface area contributed by atoms with Gasteiger partial charge in [0.05, 0.1) is 7.11 Å². The minimum Gasteiger partial charge on any atom is -0.468 e. The lowest BCUT2D eigenvalue weighted by Gasteiger charge is -2.18. The van der Waals surface area contributed by atoms with Crippen LogP contribution in [0.2, 0.25) is 0 Å². The molecule has 0 fully saturated rings. The molecule has 4 heteroatoms. The van der Waals surface area contributed by atoms with Crippen LogP contribution in [-0.4, -0.2) is 36.7 Å². The summed E-state index contributed by atoms with van der Waals surface area (Å²) >= 11 is 1.81. The molecule has 0 spiro atoms. The van der Waals surface area contributed by atoms with Gasteiger partial charge in [-0.1, -0.05) is 27.7 Å². The first-order valence-corrected chi connectivity index (χ1v) is 7.04. The topological polar surface area (TPSA) is 38.3 Å². The van der Waals surface area contributed by atoms with E-state index in [9.17, 15) is 4.79 Å². The zero-order valence-corrected chi connectivity index (χ0v) is 11.9. The van der Waals surface area contributed by atoms with Crippen molar-refractivity contribution in [3.8, 4) is 0 Å². The zero-order chi connectivity index (χ0) is 12.6. The highest BCUT2D eigenvalue weighted by molar-refractivity contribution is 7.99. The fraction of sp³-hybridized carbons (Fsp3) is 0.917. The molecule has 0 radical (unpaired) electrons. The Balaban J connectivity index is 3.88. The number of nitrogens with one attached hydrogen (secondary N) is 1. The molecule has 0 aliphatic carbocycles. The first kappa shape index (κ1) is 15.8. The minimum atomic E-state index is -0.179. The Kier molecular flexibility index (Phi) is 8.76. The third kappa shape index (κ3) is 7.99. The van der Waals surface area contributed by atoms with Crippen LogP contribution >= 0.6 is 11.8 Å². The molecule has 0 amide bonds. The predicted molar refractivity (Wildman–Crippen MR) is 70.9 cm³/mol. The molecule has 0 saturated carbocycles.